The lowest BCUT2D eigenvalue weighted by atomic mass is 9.69. The van der Waals surface area contributed by atoms with Gasteiger partial charge in [0, 0.05) is 12.6 Å². The van der Waals surface area contributed by atoms with Crippen molar-refractivity contribution in [3.63, 3.8) is 0 Å². The highest BCUT2D eigenvalue weighted by Crippen LogP contribution is 2.40. The molecule has 4 nitrogen and oxygen atoms in total. The smallest absolute Gasteiger partial charge is 0.240 e. The van der Waals surface area contributed by atoms with E-state index in [-0.39, 0.29) is 5.91 Å². The van der Waals surface area contributed by atoms with Crippen LogP contribution in [0.5, 0.6) is 0 Å². The van der Waals surface area contributed by atoms with Gasteiger partial charge in [0.05, 0.1) is 6.07 Å². The first kappa shape index (κ1) is 12.4. The van der Waals surface area contributed by atoms with Gasteiger partial charge in [0.25, 0.3) is 0 Å². The molecule has 0 bridgehead atoms. The Kier molecular flexibility index (Phi) is 3.68. The fourth-order valence-electron chi connectivity index (χ4n) is 2.64. The van der Waals surface area contributed by atoms with Gasteiger partial charge in [-0.25, -0.2) is 0 Å². The molecule has 0 aromatic rings. The molecule has 2 fully saturated rings. The molecule has 1 aliphatic heterocycles. The molecule has 1 saturated carbocycles. The van der Waals surface area contributed by atoms with Crippen LogP contribution in [0.15, 0.2) is 0 Å². The molecule has 1 N–H and O–H groups in total. The van der Waals surface area contributed by atoms with E-state index in [4.69, 9.17) is 5.26 Å². The van der Waals surface area contributed by atoms with Crippen LogP contribution >= 0.6 is 0 Å². The Bertz CT molecular complexity index is 324. The summed E-state index contributed by atoms with van der Waals surface area (Å²) in [5, 5.41) is 12.0. The van der Waals surface area contributed by atoms with E-state index in [1.54, 1.807) is 0 Å². The number of hydrogen-bond donors (Lipinski definition) is 1. The number of likely N-dealkylation sites (tertiary alicyclic amines) is 1. The summed E-state index contributed by atoms with van der Waals surface area (Å²) >= 11 is 0. The predicted octanol–water partition coefficient (Wildman–Crippen LogP) is 1.28. The Morgan fingerprint density at radius 1 is 1.41 bits per heavy atom. The Hall–Kier alpha value is -1.08. The van der Waals surface area contributed by atoms with Gasteiger partial charge in [0.15, 0.2) is 0 Å². The van der Waals surface area contributed by atoms with Crippen molar-refractivity contribution in [2.75, 3.05) is 19.6 Å². The van der Waals surface area contributed by atoms with Crippen LogP contribution in [0, 0.1) is 16.7 Å². The Morgan fingerprint density at radius 2 is 2.06 bits per heavy atom. The molecule has 0 aromatic heterocycles. The van der Waals surface area contributed by atoms with Crippen LogP contribution in [0.3, 0.4) is 0 Å². The second-order valence-electron chi connectivity index (χ2n) is 5.35. The number of nitriles is 1. The van der Waals surface area contributed by atoms with E-state index < -0.39 is 5.41 Å². The van der Waals surface area contributed by atoms with Crippen LogP contribution in [0.4, 0.5) is 0 Å². The van der Waals surface area contributed by atoms with Crippen molar-refractivity contribution in [2.45, 2.75) is 45.1 Å². The van der Waals surface area contributed by atoms with E-state index in [1.165, 1.54) is 12.8 Å². The first-order valence-electron chi connectivity index (χ1n) is 6.61. The summed E-state index contributed by atoms with van der Waals surface area (Å²) in [6.45, 7) is 5.09. The fourth-order valence-corrected chi connectivity index (χ4v) is 2.64. The van der Waals surface area contributed by atoms with E-state index in [2.05, 4.69) is 23.2 Å². The molecule has 1 heterocycles. The molecule has 17 heavy (non-hydrogen) atoms. The highest BCUT2D eigenvalue weighted by Gasteiger charge is 2.44. The Balaban J connectivity index is 1.78. The standard InChI is InChI=1S/C13H21N3O/c1-11(16-7-2-3-8-16)9-15-12(17)13(10-14)5-4-6-13/h11H,2-9H2,1H3,(H,15,17). The molecular weight excluding hydrogens is 214 g/mol. The van der Waals surface area contributed by atoms with E-state index in [0.29, 0.717) is 12.6 Å². The summed E-state index contributed by atoms with van der Waals surface area (Å²) in [6.07, 6.45) is 4.99. The van der Waals surface area contributed by atoms with Crippen LogP contribution in [0.1, 0.15) is 39.0 Å². The lowest BCUT2D eigenvalue weighted by Crippen LogP contribution is -2.48. The average Bonchev–Trinajstić information content (AvgIpc) is 2.78. The molecule has 2 rings (SSSR count). The lowest BCUT2D eigenvalue weighted by Gasteiger charge is -2.34. The average molecular weight is 235 g/mol. The second-order valence-corrected chi connectivity index (χ2v) is 5.35. The first-order chi connectivity index (χ1) is 8.18. The zero-order valence-electron chi connectivity index (χ0n) is 10.5. The molecule has 1 unspecified atom stereocenters. The highest BCUT2D eigenvalue weighted by molar-refractivity contribution is 5.86. The lowest BCUT2D eigenvalue weighted by molar-refractivity contribution is -0.131. The van der Waals surface area contributed by atoms with Crippen molar-refractivity contribution in [2.24, 2.45) is 5.41 Å². The number of hydrogen-bond acceptors (Lipinski definition) is 3. The Morgan fingerprint density at radius 3 is 2.53 bits per heavy atom. The Labute approximate surface area is 103 Å². The first-order valence-corrected chi connectivity index (χ1v) is 6.61. The van der Waals surface area contributed by atoms with Crippen molar-refractivity contribution in [3.8, 4) is 6.07 Å². The number of nitrogens with one attached hydrogen (secondary N) is 1. The third-order valence-corrected chi connectivity index (χ3v) is 4.18. The molecule has 0 spiro atoms. The van der Waals surface area contributed by atoms with Gasteiger partial charge in [0.1, 0.15) is 5.41 Å². The number of carbonyl (C=O) groups is 1. The third kappa shape index (κ3) is 2.44. The zero-order valence-corrected chi connectivity index (χ0v) is 10.5. The summed E-state index contributed by atoms with van der Waals surface area (Å²) in [7, 11) is 0. The van der Waals surface area contributed by atoms with Crippen molar-refractivity contribution in [1.82, 2.24) is 10.2 Å². The van der Waals surface area contributed by atoms with Gasteiger partial charge in [-0.15, -0.1) is 0 Å². The van der Waals surface area contributed by atoms with Crippen molar-refractivity contribution >= 4 is 5.91 Å². The number of rotatable bonds is 4. The minimum atomic E-state index is -0.704. The molecule has 4 heteroatoms. The summed E-state index contributed by atoms with van der Waals surface area (Å²) < 4.78 is 0. The summed E-state index contributed by atoms with van der Waals surface area (Å²) in [4.78, 5) is 14.3. The summed E-state index contributed by atoms with van der Waals surface area (Å²) in [5.41, 5.74) is -0.704. The molecule has 1 atom stereocenters. The normalized spacial score (nSPS) is 24.7. The maximum Gasteiger partial charge on any atom is 0.240 e. The quantitative estimate of drug-likeness (QED) is 0.798. The SMILES string of the molecule is CC(CNC(=O)C1(C#N)CCC1)N1CCCC1. The maximum absolute atomic E-state index is 11.9. The van der Waals surface area contributed by atoms with Crippen LogP contribution < -0.4 is 5.32 Å². The largest absolute Gasteiger partial charge is 0.353 e. The molecule has 1 amide bonds. The van der Waals surface area contributed by atoms with E-state index in [9.17, 15) is 4.79 Å². The van der Waals surface area contributed by atoms with Crippen molar-refractivity contribution in [3.05, 3.63) is 0 Å². The van der Waals surface area contributed by atoms with Gasteiger partial charge >= 0.3 is 0 Å². The van der Waals surface area contributed by atoms with E-state index >= 15 is 0 Å². The van der Waals surface area contributed by atoms with Gasteiger partial charge < -0.3 is 5.32 Å². The van der Waals surface area contributed by atoms with E-state index in [0.717, 1.165) is 32.4 Å². The number of carbonyl (C=O) groups excluding carboxylic acids is 1. The fraction of sp³-hybridized carbons (Fsp3) is 0.846. The third-order valence-electron chi connectivity index (χ3n) is 4.18. The van der Waals surface area contributed by atoms with Crippen LogP contribution in [-0.2, 0) is 4.79 Å². The number of nitrogens with zero attached hydrogens (tertiary/aromatic N) is 2. The zero-order chi connectivity index (χ0) is 12.3. The molecule has 94 valence electrons. The summed E-state index contributed by atoms with van der Waals surface area (Å²) in [6, 6.07) is 2.57. The van der Waals surface area contributed by atoms with Gasteiger partial charge in [0.2, 0.25) is 5.91 Å². The highest BCUT2D eigenvalue weighted by atomic mass is 16.2. The predicted molar refractivity (Wildman–Crippen MR) is 65.2 cm³/mol. The summed E-state index contributed by atoms with van der Waals surface area (Å²) in [5.74, 6) is -0.0581. The van der Waals surface area contributed by atoms with Gasteiger partial charge in [-0.1, -0.05) is 0 Å². The minimum Gasteiger partial charge on any atom is -0.353 e. The molecule has 0 aromatic carbocycles. The van der Waals surface area contributed by atoms with Gasteiger partial charge in [-0.3, -0.25) is 9.69 Å². The molecular formula is C13H21N3O. The molecule has 1 saturated heterocycles. The van der Waals surface area contributed by atoms with Crippen molar-refractivity contribution in [1.29, 1.82) is 5.26 Å². The van der Waals surface area contributed by atoms with Crippen LogP contribution in [0.2, 0.25) is 0 Å². The monoisotopic (exact) mass is 235 g/mol. The van der Waals surface area contributed by atoms with Gasteiger partial charge in [-0.05, 0) is 52.1 Å². The molecule has 1 aliphatic carbocycles. The van der Waals surface area contributed by atoms with Gasteiger partial charge in [-0.2, -0.15) is 5.26 Å². The molecule has 0 radical (unpaired) electrons. The van der Waals surface area contributed by atoms with Crippen LogP contribution in [0.25, 0.3) is 0 Å². The number of amides is 1. The van der Waals surface area contributed by atoms with Crippen LogP contribution in [-0.4, -0.2) is 36.5 Å². The van der Waals surface area contributed by atoms with E-state index in [1.807, 2.05) is 0 Å². The molecule has 2 aliphatic rings. The maximum atomic E-state index is 11.9. The topological polar surface area (TPSA) is 56.1 Å². The second kappa shape index (κ2) is 5.05. The minimum absolute atomic E-state index is 0.0581. The van der Waals surface area contributed by atoms with Crippen molar-refractivity contribution < 1.29 is 4.79 Å².